The largest absolute Gasteiger partial charge is 0.481 e. The van der Waals surface area contributed by atoms with Crippen LogP contribution in [0.5, 0.6) is 0 Å². The molecule has 2 heterocycles. The molecule has 0 aromatic carbocycles. The van der Waals surface area contributed by atoms with Gasteiger partial charge in [0.15, 0.2) is 0 Å². The first-order valence-corrected chi connectivity index (χ1v) is 6.12. The van der Waals surface area contributed by atoms with E-state index >= 15 is 0 Å². The van der Waals surface area contributed by atoms with Crippen molar-refractivity contribution >= 4 is 11.9 Å². The van der Waals surface area contributed by atoms with Crippen LogP contribution in [0.3, 0.4) is 0 Å². The number of aromatic nitrogens is 2. The number of nitrogens with zero attached hydrogens (tertiary/aromatic N) is 2. The Morgan fingerprint density at radius 3 is 2.74 bits per heavy atom. The van der Waals surface area contributed by atoms with Gasteiger partial charge in [0.1, 0.15) is 5.69 Å². The van der Waals surface area contributed by atoms with E-state index in [-0.39, 0.29) is 18.1 Å². The van der Waals surface area contributed by atoms with Crippen LogP contribution in [0, 0.1) is 5.41 Å². The zero-order valence-electron chi connectivity index (χ0n) is 10.8. The number of aryl methyl sites for hydroxylation is 1. The average Bonchev–Trinajstić information content (AvgIpc) is 2.83. The summed E-state index contributed by atoms with van der Waals surface area (Å²) < 4.78 is 6.70. The van der Waals surface area contributed by atoms with E-state index in [1.54, 1.807) is 19.3 Å². The molecular weight excluding hydrogens is 250 g/mol. The summed E-state index contributed by atoms with van der Waals surface area (Å²) in [5, 5.41) is 16.0. The van der Waals surface area contributed by atoms with Crippen LogP contribution in [-0.4, -0.2) is 46.5 Å². The second kappa shape index (κ2) is 5.40. The Hall–Kier alpha value is -1.89. The minimum atomic E-state index is -0.928. The van der Waals surface area contributed by atoms with Gasteiger partial charge in [0.2, 0.25) is 0 Å². The van der Waals surface area contributed by atoms with Crippen molar-refractivity contribution in [3.63, 3.8) is 0 Å². The van der Waals surface area contributed by atoms with Crippen LogP contribution in [-0.2, 0) is 16.6 Å². The van der Waals surface area contributed by atoms with Gasteiger partial charge in [0, 0.05) is 33.0 Å². The molecule has 0 saturated carbocycles. The molecule has 104 valence electrons. The maximum absolute atomic E-state index is 11.9. The zero-order valence-corrected chi connectivity index (χ0v) is 10.8. The number of ether oxygens (including phenoxy) is 1. The van der Waals surface area contributed by atoms with Crippen LogP contribution >= 0.6 is 0 Å². The normalized spacial score (nSPS) is 17.9. The Morgan fingerprint density at radius 2 is 2.21 bits per heavy atom. The fourth-order valence-corrected chi connectivity index (χ4v) is 2.10. The van der Waals surface area contributed by atoms with Crippen LogP contribution in [0.1, 0.15) is 23.3 Å². The van der Waals surface area contributed by atoms with E-state index in [1.807, 2.05) is 0 Å². The van der Waals surface area contributed by atoms with Crippen LogP contribution in [0.15, 0.2) is 12.3 Å². The number of rotatable bonds is 4. The molecule has 0 bridgehead atoms. The minimum Gasteiger partial charge on any atom is -0.481 e. The summed E-state index contributed by atoms with van der Waals surface area (Å²) >= 11 is 0. The molecule has 0 unspecified atom stereocenters. The predicted octanol–water partition coefficient (Wildman–Crippen LogP) is 0.0313. The number of amides is 1. The van der Waals surface area contributed by atoms with Crippen molar-refractivity contribution < 1.29 is 19.4 Å². The fraction of sp³-hybridized carbons (Fsp3) is 0.583. The molecule has 1 aromatic heterocycles. The van der Waals surface area contributed by atoms with Gasteiger partial charge in [-0.25, -0.2) is 0 Å². The molecule has 1 saturated heterocycles. The highest BCUT2D eigenvalue weighted by molar-refractivity contribution is 5.92. The number of carboxylic acid groups (broad SMARTS) is 1. The highest BCUT2D eigenvalue weighted by Gasteiger charge is 2.40. The summed E-state index contributed by atoms with van der Waals surface area (Å²) in [6, 6.07) is 1.59. The number of carboxylic acids is 1. The number of hydrogen-bond acceptors (Lipinski definition) is 4. The summed E-state index contributed by atoms with van der Waals surface area (Å²) in [7, 11) is 1.72. The SMILES string of the molecule is Cn1ccc(C(=O)NCC2(C(=O)O)CCOCC2)n1. The predicted molar refractivity (Wildman–Crippen MR) is 65.7 cm³/mol. The summed E-state index contributed by atoms with van der Waals surface area (Å²) in [4.78, 5) is 23.3. The van der Waals surface area contributed by atoms with Gasteiger partial charge in [-0.05, 0) is 18.9 Å². The molecule has 2 rings (SSSR count). The van der Waals surface area contributed by atoms with E-state index < -0.39 is 11.4 Å². The Bertz CT molecular complexity index is 477. The summed E-state index contributed by atoms with van der Waals surface area (Å²) in [5.41, 5.74) is -0.641. The molecule has 2 N–H and O–H groups in total. The smallest absolute Gasteiger partial charge is 0.311 e. The topological polar surface area (TPSA) is 93.5 Å². The van der Waals surface area contributed by atoms with Crippen molar-refractivity contribution in [3.8, 4) is 0 Å². The van der Waals surface area contributed by atoms with Gasteiger partial charge in [0.05, 0.1) is 5.41 Å². The van der Waals surface area contributed by atoms with Crippen LogP contribution in [0.4, 0.5) is 0 Å². The van der Waals surface area contributed by atoms with Gasteiger partial charge in [-0.2, -0.15) is 5.10 Å². The Morgan fingerprint density at radius 1 is 1.53 bits per heavy atom. The molecular formula is C12H17N3O4. The fourth-order valence-electron chi connectivity index (χ4n) is 2.10. The average molecular weight is 267 g/mol. The Kier molecular flexibility index (Phi) is 3.84. The number of nitrogens with one attached hydrogen (secondary N) is 1. The van der Waals surface area contributed by atoms with Gasteiger partial charge in [-0.3, -0.25) is 14.3 Å². The molecule has 19 heavy (non-hydrogen) atoms. The van der Waals surface area contributed by atoms with Crippen molar-refractivity contribution in [2.24, 2.45) is 12.5 Å². The maximum Gasteiger partial charge on any atom is 0.311 e. The van der Waals surface area contributed by atoms with Crippen molar-refractivity contribution in [1.82, 2.24) is 15.1 Å². The quantitative estimate of drug-likeness (QED) is 0.803. The standard InChI is InChI=1S/C12H17N3O4/c1-15-5-2-9(14-15)10(16)13-8-12(11(17)18)3-6-19-7-4-12/h2,5H,3-4,6-8H2,1H3,(H,13,16)(H,17,18). The molecule has 1 aromatic rings. The lowest BCUT2D eigenvalue weighted by Crippen LogP contribution is -2.46. The monoisotopic (exact) mass is 267 g/mol. The number of aliphatic carboxylic acids is 1. The van der Waals surface area contributed by atoms with Crippen LogP contribution in [0.2, 0.25) is 0 Å². The summed E-state index contributed by atoms with van der Waals surface area (Å²) in [6.45, 7) is 0.915. The van der Waals surface area contributed by atoms with Crippen LogP contribution < -0.4 is 5.32 Å². The molecule has 0 spiro atoms. The van der Waals surface area contributed by atoms with Gasteiger partial charge in [-0.1, -0.05) is 0 Å². The third-order valence-corrected chi connectivity index (χ3v) is 3.44. The van der Waals surface area contributed by atoms with Gasteiger partial charge < -0.3 is 15.2 Å². The number of carbonyl (C=O) groups excluding carboxylic acids is 1. The number of carbonyl (C=O) groups is 2. The highest BCUT2D eigenvalue weighted by atomic mass is 16.5. The first-order chi connectivity index (χ1) is 9.03. The van der Waals surface area contributed by atoms with Crippen molar-refractivity contribution in [1.29, 1.82) is 0 Å². The van der Waals surface area contributed by atoms with E-state index in [2.05, 4.69) is 10.4 Å². The van der Waals surface area contributed by atoms with E-state index in [9.17, 15) is 14.7 Å². The van der Waals surface area contributed by atoms with Crippen molar-refractivity contribution in [2.45, 2.75) is 12.8 Å². The minimum absolute atomic E-state index is 0.0983. The number of hydrogen-bond donors (Lipinski definition) is 2. The van der Waals surface area contributed by atoms with Gasteiger partial charge in [-0.15, -0.1) is 0 Å². The Balaban J connectivity index is 1.99. The van der Waals surface area contributed by atoms with Gasteiger partial charge in [0.25, 0.3) is 5.91 Å². The lowest BCUT2D eigenvalue weighted by atomic mass is 9.80. The molecule has 7 nitrogen and oxygen atoms in total. The summed E-state index contributed by atoms with van der Waals surface area (Å²) in [6.07, 6.45) is 2.48. The summed E-state index contributed by atoms with van der Waals surface area (Å²) in [5.74, 6) is -1.25. The molecule has 0 radical (unpaired) electrons. The molecule has 1 amide bonds. The molecule has 0 aliphatic carbocycles. The molecule has 1 aliphatic heterocycles. The van der Waals surface area contributed by atoms with E-state index in [0.29, 0.717) is 26.1 Å². The molecule has 1 fully saturated rings. The van der Waals surface area contributed by atoms with Crippen LogP contribution in [0.25, 0.3) is 0 Å². The molecule has 0 atom stereocenters. The second-order valence-corrected chi connectivity index (χ2v) is 4.76. The first-order valence-electron chi connectivity index (χ1n) is 6.12. The molecule has 7 heteroatoms. The molecule has 1 aliphatic rings. The third-order valence-electron chi connectivity index (χ3n) is 3.44. The lowest BCUT2D eigenvalue weighted by molar-refractivity contribution is -0.154. The van der Waals surface area contributed by atoms with Crippen molar-refractivity contribution in [2.75, 3.05) is 19.8 Å². The Labute approximate surface area is 110 Å². The van der Waals surface area contributed by atoms with Gasteiger partial charge >= 0.3 is 5.97 Å². The second-order valence-electron chi connectivity index (χ2n) is 4.76. The zero-order chi connectivity index (χ0) is 13.9. The van der Waals surface area contributed by atoms with Crippen molar-refractivity contribution in [3.05, 3.63) is 18.0 Å². The first kappa shape index (κ1) is 13.5. The highest BCUT2D eigenvalue weighted by Crippen LogP contribution is 2.30. The third kappa shape index (κ3) is 2.93. The lowest BCUT2D eigenvalue weighted by Gasteiger charge is -2.32. The van der Waals surface area contributed by atoms with E-state index in [4.69, 9.17) is 4.74 Å². The van der Waals surface area contributed by atoms with E-state index in [0.717, 1.165) is 0 Å². The van der Waals surface area contributed by atoms with E-state index in [1.165, 1.54) is 4.68 Å². The maximum atomic E-state index is 11.9.